The number of carbonyl (C=O) groups is 1. The monoisotopic (exact) mass is 364 g/mol. The number of anilines is 1. The van der Waals surface area contributed by atoms with Gasteiger partial charge in [0.15, 0.2) is 0 Å². The number of hydrogen-bond donors (Lipinski definition) is 3. The highest BCUT2D eigenvalue weighted by Gasteiger charge is 2.10. The van der Waals surface area contributed by atoms with Crippen LogP contribution in [0.1, 0.15) is 12.0 Å². The van der Waals surface area contributed by atoms with Gasteiger partial charge in [0.1, 0.15) is 5.75 Å². The first kappa shape index (κ1) is 18.8. The molecule has 0 radical (unpaired) electrons. The molecule has 0 saturated carbocycles. The first-order chi connectivity index (χ1) is 11.9. The summed E-state index contributed by atoms with van der Waals surface area (Å²) in [4.78, 5) is 11.5. The lowest BCUT2D eigenvalue weighted by Crippen LogP contribution is -2.30. The SMILES string of the molecule is Cc1ccccc1OCCCNC(=O)Nc1cccc(S(=O)(=O)O)c1. The molecule has 0 aromatic heterocycles. The van der Waals surface area contributed by atoms with Gasteiger partial charge in [0.25, 0.3) is 10.1 Å². The van der Waals surface area contributed by atoms with Gasteiger partial charge in [0, 0.05) is 12.2 Å². The van der Waals surface area contributed by atoms with E-state index in [-0.39, 0.29) is 10.6 Å². The van der Waals surface area contributed by atoms with Crippen LogP contribution in [0.5, 0.6) is 5.75 Å². The number of hydrogen-bond acceptors (Lipinski definition) is 4. The average molecular weight is 364 g/mol. The van der Waals surface area contributed by atoms with Gasteiger partial charge >= 0.3 is 6.03 Å². The molecule has 2 aromatic carbocycles. The molecule has 0 aliphatic rings. The summed E-state index contributed by atoms with van der Waals surface area (Å²) in [5, 5.41) is 5.15. The molecule has 2 amide bonds. The van der Waals surface area contributed by atoms with E-state index in [9.17, 15) is 13.2 Å². The zero-order valence-electron chi connectivity index (χ0n) is 13.7. The topological polar surface area (TPSA) is 105 Å². The molecular weight excluding hydrogens is 344 g/mol. The number of nitrogens with one attached hydrogen (secondary N) is 2. The van der Waals surface area contributed by atoms with E-state index in [1.165, 1.54) is 24.3 Å². The van der Waals surface area contributed by atoms with Crippen LogP contribution in [0.25, 0.3) is 0 Å². The molecule has 2 rings (SSSR count). The quantitative estimate of drug-likeness (QED) is 0.518. The van der Waals surface area contributed by atoms with Crippen LogP contribution in [0.4, 0.5) is 10.5 Å². The Balaban J connectivity index is 1.73. The van der Waals surface area contributed by atoms with Crippen molar-refractivity contribution in [3.05, 3.63) is 54.1 Å². The standard InChI is InChI=1S/C17H20N2O5S/c1-13-6-2-3-9-16(13)24-11-5-10-18-17(20)19-14-7-4-8-15(12-14)25(21,22)23/h2-4,6-9,12H,5,10-11H2,1H3,(H2,18,19,20)(H,21,22,23). The fraction of sp³-hybridized carbons (Fsp3) is 0.235. The zero-order valence-corrected chi connectivity index (χ0v) is 14.5. The predicted octanol–water partition coefficient (Wildman–Crippen LogP) is 2.83. The molecule has 134 valence electrons. The van der Waals surface area contributed by atoms with Gasteiger partial charge in [-0.25, -0.2) is 4.79 Å². The molecule has 0 heterocycles. The maximum atomic E-state index is 11.8. The number of rotatable bonds is 7. The predicted molar refractivity (Wildman–Crippen MR) is 94.6 cm³/mol. The van der Waals surface area contributed by atoms with Crippen molar-refractivity contribution >= 4 is 21.8 Å². The van der Waals surface area contributed by atoms with E-state index in [1.807, 2.05) is 31.2 Å². The number of amides is 2. The number of para-hydroxylation sites is 1. The number of carbonyl (C=O) groups excluding carboxylic acids is 1. The van der Waals surface area contributed by atoms with E-state index in [2.05, 4.69) is 10.6 Å². The first-order valence-electron chi connectivity index (χ1n) is 7.67. The molecule has 8 heteroatoms. The number of aryl methyl sites for hydroxylation is 1. The molecule has 0 bridgehead atoms. The van der Waals surface area contributed by atoms with Gasteiger partial charge in [-0.15, -0.1) is 0 Å². The molecule has 0 saturated heterocycles. The number of ether oxygens (including phenoxy) is 1. The summed E-state index contributed by atoms with van der Waals surface area (Å²) in [5.74, 6) is 0.814. The smallest absolute Gasteiger partial charge is 0.319 e. The van der Waals surface area contributed by atoms with Gasteiger partial charge in [-0.3, -0.25) is 4.55 Å². The normalized spacial score (nSPS) is 11.0. The van der Waals surface area contributed by atoms with E-state index in [0.29, 0.717) is 19.6 Å². The lowest BCUT2D eigenvalue weighted by atomic mass is 10.2. The van der Waals surface area contributed by atoms with Gasteiger partial charge in [-0.2, -0.15) is 8.42 Å². The molecule has 3 N–H and O–H groups in total. The third-order valence-corrected chi connectivity index (χ3v) is 4.20. The van der Waals surface area contributed by atoms with Crippen molar-refractivity contribution < 1.29 is 22.5 Å². The maximum Gasteiger partial charge on any atom is 0.319 e. The minimum atomic E-state index is -4.30. The number of benzene rings is 2. The Morgan fingerprint density at radius 1 is 1.16 bits per heavy atom. The fourth-order valence-electron chi connectivity index (χ4n) is 2.08. The highest BCUT2D eigenvalue weighted by Crippen LogP contribution is 2.16. The van der Waals surface area contributed by atoms with Crippen LogP contribution >= 0.6 is 0 Å². The molecule has 7 nitrogen and oxygen atoms in total. The molecule has 0 atom stereocenters. The van der Waals surface area contributed by atoms with Crippen LogP contribution in [0.3, 0.4) is 0 Å². The Hall–Kier alpha value is -2.58. The van der Waals surface area contributed by atoms with Crippen LogP contribution < -0.4 is 15.4 Å². The Labute approximate surface area is 146 Å². The molecule has 2 aromatic rings. The summed E-state index contributed by atoms with van der Waals surface area (Å²) < 4.78 is 36.8. The Bertz CT molecular complexity index is 836. The molecule has 0 fully saturated rings. The molecular formula is C17H20N2O5S. The summed E-state index contributed by atoms with van der Waals surface area (Å²) >= 11 is 0. The summed E-state index contributed by atoms with van der Waals surface area (Å²) in [5.41, 5.74) is 1.32. The zero-order chi connectivity index (χ0) is 18.3. The first-order valence-corrected chi connectivity index (χ1v) is 9.11. The highest BCUT2D eigenvalue weighted by atomic mass is 32.2. The minimum absolute atomic E-state index is 0.267. The summed E-state index contributed by atoms with van der Waals surface area (Å²) in [6.45, 7) is 2.82. The third kappa shape index (κ3) is 6.09. The lowest BCUT2D eigenvalue weighted by Gasteiger charge is -2.10. The maximum absolute atomic E-state index is 11.8. The van der Waals surface area contributed by atoms with Crippen LogP contribution in [-0.4, -0.2) is 32.2 Å². The van der Waals surface area contributed by atoms with E-state index in [4.69, 9.17) is 9.29 Å². The molecule has 0 aliphatic heterocycles. The summed E-state index contributed by atoms with van der Waals surface area (Å²) in [6.07, 6.45) is 0.618. The summed E-state index contributed by atoms with van der Waals surface area (Å²) in [6, 6.07) is 12.6. The second kappa shape index (κ2) is 8.50. The summed E-state index contributed by atoms with van der Waals surface area (Å²) in [7, 11) is -4.30. The molecule has 0 unspecified atom stereocenters. The van der Waals surface area contributed by atoms with Crippen molar-refractivity contribution in [2.24, 2.45) is 0 Å². The highest BCUT2D eigenvalue weighted by molar-refractivity contribution is 7.85. The van der Waals surface area contributed by atoms with Gasteiger partial charge < -0.3 is 15.4 Å². The van der Waals surface area contributed by atoms with Crippen molar-refractivity contribution in [1.82, 2.24) is 5.32 Å². The van der Waals surface area contributed by atoms with Crippen molar-refractivity contribution in [1.29, 1.82) is 0 Å². The van der Waals surface area contributed by atoms with Crippen molar-refractivity contribution in [2.45, 2.75) is 18.2 Å². The van der Waals surface area contributed by atoms with Crippen molar-refractivity contribution in [3.8, 4) is 5.75 Å². The van der Waals surface area contributed by atoms with Crippen molar-refractivity contribution in [3.63, 3.8) is 0 Å². The van der Waals surface area contributed by atoms with E-state index >= 15 is 0 Å². The van der Waals surface area contributed by atoms with Crippen LogP contribution in [0.15, 0.2) is 53.4 Å². The Morgan fingerprint density at radius 3 is 2.64 bits per heavy atom. The number of urea groups is 1. The second-order valence-electron chi connectivity index (χ2n) is 5.35. The van der Waals surface area contributed by atoms with Gasteiger partial charge in [0.05, 0.1) is 11.5 Å². The van der Waals surface area contributed by atoms with Gasteiger partial charge in [0.2, 0.25) is 0 Å². The largest absolute Gasteiger partial charge is 0.493 e. The van der Waals surface area contributed by atoms with E-state index in [1.54, 1.807) is 0 Å². The minimum Gasteiger partial charge on any atom is -0.493 e. The Kier molecular flexibility index (Phi) is 6.37. The van der Waals surface area contributed by atoms with Gasteiger partial charge in [-0.1, -0.05) is 24.3 Å². The molecule has 0 aliphatic carbocycles. The van der Waals surface area contributed by atoms with E-state index < -0.39 is 16.1 Å². The van der Waals surface area contributed by atoms with Crippen molar-refractivity contribution in [2.75, 3.05) is 18.5 Å². The van der Waals surface area contributed by atoms with Crippen LogP contribution in [0, 0.1) is 6.92 Å². The van der Waals surface area contributed by atoms with Gasteiger partial charge in [-0.05, 0) is 43.2 Å². The average Bonchev–Trinajstić information content (AvgIpc) is 2.55. The molecule has 0 spiro atoms. The molecule has 25 heavy (non-hydrogen) atoms. The van der Waals surface area contributed by atoms with Crippen LogP contribution in [-0.2, 0) is 10.1 Å². The third-order valence-electron chi connectivity index (χ3n) is 3.35. The fourth-order valence-corrected chi connectivity index (χ4v) is 2.61. The Morgan fingerprint density at radius 2 is 1.92 bits per heavy atom. The lowest BCUT2D eigenvalue weighted by molar-refractivity contribution is 0.250. The van der Waals surface area contributed by atoms with E-state index in [0.717, 1.165) is 11.3 Å². The van der Waals surface area contributed by atoms with Crippen LogP contribution in [0.2, 0.25) is 0 Å². The second-order valence-corrected chi connectivity index (χ2v) is 6.77.